The summed E-state index contributed by atoms with van der Waals surface area (Å²) in [6.07, 6.45) is 40.7. The van der Waals surface area contributed by atoms with Crippen molar-refractivity contribution in [2.45, 2.75) is 186 Å². The third kappa shape index (κ3) is 8.51. The molecule has 5 aliphatic carbocycles. The monoisotopic (exact) mass is 540 g/mol. The van der Waals surface area contributed by atoms with Crippen LogP contribution in [0.1, 0.15) is 180 Å². The van der Waals surface area contributed by atoms with E-state index in [0.29, 0.717) is 6.04 Å². The average molecular weight is 540 g/mol. The van der Waals surface area contributed by atoms with Crippen molar-refractivity contribution in [3.63, 3.8) is 0 Å². The van der Waals surface area contributed by atoms with Crippen LogP contribution >= 0.6 is 0 Å². The fourth-order valence-corrected chi connectivity index (χ4v) is 11.5. The van der Waals surface area contributed by atoms with E-state index >= 15 is 0 Å². The first-order chi connectivity index (χ1) is 19.2. The van der Waals surface area contributed by atoms with E-state index in [4.69, 9.17) is 5.73 Å². The van der Waals surface area contributed by atoms with Gasteiger partial charge in [-0.05, 0) is 91.8 Å². The highest BCUT2D eigenvalue weighted by Gasteiger charge is 2.44. The quantitative estimate of drug-likeness (QED) is 0.320. The Balaban J connectivity index is 1.34. The van der Waals surface area contributed by atoms with Crippen LogP contribution in [0.3, 0.4) is 0 Å². The van der Waals surface area contributed by atoms with Gasteiger partial charge in [0.05, 0.1) is 0 Å². The van der Waals surface area contributed by atoms with Gasteiger partial charge < -0.3 is 5.73 Å². The Morgan fingerprint density at radius 1 is 0.487 bits per heavy atom. The van der Waals surface area contributed by atoms with Crippen molar-refractivity contribution in [2.24, 2.45) is 59.0 Å². The lowest BCUT2D eigenvalue weighted by molar-refractivity contribution is 0.0101. The van der Waals surface area contributed by atoms with Crippen molar-refractivity contribution in [3.05, 3.63) is 0 Å². The van der Waals surface area contributed by atoms with Gasteiger partial charge in [-0.1, -0.05) is 142 Å². The lowest BCUT2D eigenvalue weighted by Crippen LogP contribution is -2.44. The van der Waals surface area contributed by atoms with E-state index in [1.165, 1.54) is 109 Å². The molecule has 1 heteroatoms. The van der Waals surface area contributed by atoms with E-state index in [9.17, 15) is 0 Å². The summed E-state index contributed by atoms with van der Waals surface area (Å²) in [6.45, 7) is 2.78. The van der Waals surface area contributed by atoms with Gasteiger partial charge in [-0.15, -0.1) is 0 Å². The highest BCUT2D eigenvalue weighted by Crippen LogP contribution is 2.52. The zero-order valence-electron chi connectivity index (χ0n) is 26.4. The molecule has 0 aromatic heterocycles. The van der Waals surface area contributed by atoms with Crippen molar-refractivity contribution in [3.8, 4) is 0 Å². The fourth-order valence-electron chi connectivity index (χ4n) is 11.5. The van der Waals surface area contributed by atoms with Crippen LogP contribution in [0.2, 0.25) is 0 Å². The first-order valence-corrected chi connectivity index (χ1v) is 19.0. The van der Waals surface area contributed by atoms with Crippen molar-refractivity contribution in [2.75, 3.05) is 0 Å². The van der Waals surface area contributed by atoms with Gasteiger partial charge in [0, 0.05) is 6.04 Å². The molecule has 0 saturated heterocycles. The molecule has 5 fully saturated rings. The van der Waals surface area contributed by atoms with Crippen LogP contribution in [-0.2, 0) is 0 Å². The molecule has 0 aromatic carbocycles. The van der Waals surface area contributed by atoms with Gasteiger partial charge >= 0.3 is 0 Å². The summed E-state index contributed by atoms with van der Waals surface area (Å²) >= 11 is 0. The molecule has 0 bridgehead atoms. The molecule has 0 amide bonds. The standard InChI is InChI=1S/C38H69N/c1-29(28-33-21-13-12-18-31(33)27-26-30-16-6-4-7-17-30)38-34-22-15-14-20-32(34)19-8-2-3-9-24-36(38)35-23-10-5-11-25-37(35)39/h29-38H,2-28,39H2,1H3. The third-order valence-electron chi connectivity index (χ3n) is 13.6. The number of fused-ring (bicyclic) bond motifs is 1. The average Bonchev–Trinajstić information content (AvgIpc) is 3.19. The fraction of sp³-hybridized carbons (Fsp3) is 1.00. The number of rotatable bonds is 7. The molecule has 1 nitrogen and oxygen atoms in total. The van der Waals surface area contributed by atoms with Crippen molar-refractivity contribution in [1.29, 1.82) is 0 Å². The Kier molecular flexibility index (Phi) is 12.5. The molecule has 5 saturated carbocycles. The second-order valence-electron chi connectivity index (χ2n) is 16.0. The molecule has 0 heterocycles. The summed E-state index contributed by atoms with van der Waals surface area (Å²) in [5.41, 5.74) is 7.12. The number of hydrogen-bond acceptors (Lipinski definition) is 1. The van der Waals surface area contributed by atoms with E-state index in [2.05, 4.69) is 6.92 Å². The first-order valence-electron chi connectivity index (χ1n) is 19.0. The molecule has 226 valence electrons. The molecule has 9 unspecified atom stereocenters. The van der Waals surface area contributed by atoms with Gasteiger partial charge in [-0.3, -0.25) is 0 Å². The zero-order chi connectivity index (χ0) is 26.9. The van der Waals surface area contributed by atoms with Gasteiger partial charge in [-0.25, -0.2) is 0 Å². The first kappa shape index (κ1) is 30.4. The lowest BCUT2D eigenvalue weighted by Gasteiger charge is -2.49. The van der Waals surface area contributed by atoms with Crippen molar-refractivity contribution in [1.82, 2.24) is 0 Å². The summed E-state index contributed by atoms with van der Waals surface area (Å²) in [6, 6.07) is 0.482. The number of hydrogen-bond donors (Lipinski definition) is 1. The van der Waals surface area contributed by atoms with Gasteiger partial charge in [0.15, 0.2) is 0 Å². The molecule has 5 aliphatic rings. The predicted octanol–water partition coefficient (Wildman–Crippen LogP) is 11.5. The molecule has 5 rings (SSSR count). The van der Waals surface area contributed by atoms with Crippen LogP contribution in [0, 0.1) is 53.3 Å². The maximum atomic E-state index is 7.12. The van der Waals surface area contributed by atoms with Crippen LogP contribution in [-0.4, -0.2) is 6.04 Å². The molecule has 0 aliphatic heterocycles. The molecule has 0 aromatic rings. The second kappa shape index (κ2) is 16.0. The summed E-state index contributed by atoms with van der Waals surface area (Å²) in [5.74, 6) is 8.79. The van der Waals surface area contributed by atoms with Gasteiger partial charge in [-0.2, -0.15) is 0 Å². The Morgan fingerprint density at radius 3 is 1.77 bits per heavy atom. The molecular formula is C38H69N. The van der Waals surface area contributed by atoms with E-state index in [1.54, 1.807) is 64.2 Å². The van der Waals surface area contributed by atoms with Crippen LogP contribution in [0.15, 0.2) is 0 Å². The Labute approximate surface area is 245 Å². The van der Waals surface area contributed by atoms with E-state index < -0.39 is 0 Å². The zero-order valence-corrected chi connectivity index (χ0v) is 26.4. The Hall–Kier alpha value is -0.0400. The predicted molar refractivity (Wildman–Crippen MR) is 170 cm³/mol. The van der Waals surface area contributed by atoms with Gasteiger partial charge in [0.2, 0.25) is 0 Å². The minimum absolute atomic E-state index is 0.482. The molecule has 0 radical (unpaired) electrons. The molecular weight excluding hydrogens is 470 g/mol. The van der Waals surface area contributed by atoms with E-state index in [-0.39, 0.29) is 0 Å². The third-order valence-corrected chi connectivity index (χ3v) is 13.6. The topological polar surface area (TPSA) is 26.0 Å². The smallest absolute Gasteiger partial charge is 0.00699 e. The molecule has 2 N–H and O–H groups in total. The van der Waals surface area contributed by atoms with Gasteiger partial charge in [0.1, 0.15) is 0 Å². The SMILES string of the molecule is CC(CC1CCCCC1CCC1CCCCC1)C1C2CCCCC2CCCCCCC1C1CCCCCC1N. The molecule has 39 heavy (non-hydrogen) atoms. The van der Waals surface area contributed by atoms with Crippen molar-refractivity contribution < 1.29 is 0 Å². The van der Waals surface area contributed by atoms with Crippen molar-refractivity contribution >= 4 is 0 Å². The van der Waals surface area contributed by atoms with Crippen LogP contribution in [0.5, 0.6) is 0 Å². The largest absolute Gasteiger partial charge is 0.327 e. The van der Waals surface area contributed by atoms with Crippen LogP contribution in [0.4, 0.5) is 0 Å². The molecule has 0 spiro atoms. The minimum Gasteiger partial charge on any atom is -0.327 e. The number of nitrogens with two attached hydrogens (primary N) is 1. The maximum absolute atomic E-state index is 7.12. The lowest BCUT2D eigenvalue weighted by atomic mass is 9.57. The summed E-state index contributed by atoms with van der Waals surface area (Å²) in [5, 5.41) is 0. The highest BCUT2D eigenvalue weighted by molar-refractivity contribution is 4.94. The summed E-state index contributed by atoms with van der Waals surface area (Å²) < 4.78 is 0. The van der Waals surface area contributed by atoms with E-state index in [1.807, 2.05) is 0 Å². The minimum atomic E-state index is 0.482. The van der Waals surface area contributed by atoms with E-state index in [0.717, 1.165) is 53.3 Å². The molecule has 9 atom stereocenters. The normalized spacial score (nSPS) is 40.8. The summed E-state index contributed by atoms with van der Waals surface area (Å²) in [4.78, 5) is 0. The Bertz CT molecular complexity index is 666. The van der Waals surface area contributed by atoms with Crippen LogP contribution in [0.25, 0.3) is 0 Å². The van der Waals surface area contributed by atoms with Gasteiger partial charge in [0.25, 0.3) is 0 Å². The highest BCUT2D eigenvalue weighted by atomic mass is 14.7. The van der Waals surface area contributed by atoms with Crippen LogP contribution < -0.4 is 5.73 Å². The Morgan fingerprint density at radius 2 is 1.00 bits per heavy atom. The summed E-state index contributed by atoms with van der Waals surface area (Å²) in [7, 11) is 0. The maximum Gasteiger partial charge on any atom is 0.00699 e. The second-order valence-corrected chi connectivity index (χ2v) is 16.0.